The van der Waals surface area contributed by atoms with Crippen molar-refractivity contribution in [2.24, 2.45) is 0 Å². The van der Waals surface area contributed by atoms with Crippen LogP contribution in [0.1, 0.15) is 39.5 Å². The van der Waals surface area contributed by atoms with Gasteiger partial charge in [-0.2, -0.15) is 0 Å². The second-order valence-corrected chi connectivity index (χ2v) is 4.18. The van der Waals surface area contributed by atoms with Gasteiger partial charge < -0.3 is 21.9 Å². The van der Waals surface area contributed by atoms with E-state index >= 15 is 0 Å². The molecule has 16 heavy (non-hydrogen) atoms. The van der Waals surface area contributed by atoms with Crippen LogP contribution in [0.2, 0.25) is 0 Å². The fraction of sp³-hybridized carbons (Fsp3) is 0.571. The van der Waals surface area contributed by atoms with Crippen LogP contribution in [0.4, 0.5) is 5.69 Å². The lowest BCUT2D eigenvalue weighted by atomic mass is 10.2. The Balaban J connectivity index is 0.00000225. The van der Waals surface area contributed by atoms with Gasteiger partial charge in [0.25, 0.3) is 0 Å². The largest absolute Gasteiger partial charge is 1.00 e. The van der Waals surface area contributed by atoms with Crippen molar-refractivity contribution >= 4 is 5.69 Å². The van der Waals surface area contributed by atoms with Crippen molar-refractivity contribution in [3.63, 3.8) is 0 Å². The zero-order chi connectivity index (χ0) is 10.9. The molecular formula is C14H24BrN. The van der Waals surface area contributed by atoms with Crippen molar-refractivity contribution < 1.29 is 21.9 Å². The molecule has 1 aromatic carbocycles. The first-order valence-electron chi connectivity index (χ1n) is 6.28. The van der Waals surface area contributed by atoms with Crippen LogP contribution in [0.5, 0.6) is 0 Å². The molecule has 0 unspecified atom stereocenters. The summed E-state index contributed by atoms with van der Waals surface area (Å²) in [5, 5.41) is 0. The maximum Gasteiger partial charge on any atom is 0.131 e. The van der Waals surface area contributed by atoms with Crippen molar-refractivity contribution in [3.8, 4) is 0 Å². The summed E-state index contributed by atoms with van der Waals surface area (Å²) in [7, 11) is 0. The molecule has 0 aromatic heterocycles. The Morgan fingerprint density at radius 1 is 0.875 bits per heavy atom. The van der Waals surface area contributed by atoms with E-state index in [2.05, 4.69) is 44.2 Å². The standard InChI is InChI=1S/C14H23N.BrH/c1-3-5-12-15(13-6-4-2)14-10-8-7-9-11-14;/h7-11H,3-6,12-13H2,1-2H3;1H. The number of nitrogens with one attached hydrogen (secondary N) is 1. The predicted octanol–water partition coefficient (Wildman–Crippen LogP) is -0.193. The van der Waals surface area contributed by atoms with Gasteiger partial charge in [0.1, 0.15) is 5.69 Å². The third kappa shape index (κ3) is 5.66. The molecule has 1 N–H and O–H groups in total. The maximum atomic E-state index is 2.27. The van der Waals surface area contributed by atoms with E-state index in [1.54, 1.807) is 4.90 Å². The second kappa shape index (κ2) is 9.86. The minimum absolute atomic E-state index is 0. The SMILES string of the molecule is CCCC[NH+](CCCC)c1ccccc1.[Br-]. The van der Waals surface area contributed by atoms with Crippen LogP contribution < -0.4 is 21.9 Å². The van der Waals surface area contributed by atoms with Crippen LogP contribution in [-0.2, 0) is 0 Å². The molecule has 0 radical (unpaired) electrons. The number of para-hydroxylation sites is 1. The Hall–Kier alpha value is -0.340. The zero-order valence-corrected chi connectivity index (χ0v) is 12.1. The molecule has 1 nitrogen and oxygen atoms in total. The summed E-state index contributed by atoms with van der Waals surface area (Å²) in [6, 6.07) is 10.9. The maximum absolute atomic E-state index is 2.27. The van der Waals surface area contributed by atoms with Crippen molar-refractivity contribution in [2.45, 2.75) is 39.5 Å². The van der Waals surface area contributed by atoms with Crippen LogP contribution in [0.15, 0.2) is 30.3 Å². The molecule has 92 valence electrons. The van der Waals surface area contributed by atoms with Crippen LogP contribution in [0.25, 0.3) is 0 Å². The molecule has 0 aliphatic rings. The monoisotopic (exact) mass is 285 g/mol. The molecule has 0 heterocycles. The molecule has 1 rings (SSSR count). The summed E-state index contributed by atoms with van der Waals surface area (Å²) in [6.45, 7) is 7.09. The van der Waals surface area contributed by atoms with E-state index in [-0.39, 0.29) is 17.0 Å². The summed E-state index contributed by atoms with van der Waals surface area (Å²) in [4.78, 5) is 1.65. The number of halogens is 1. The van der Waals surface area contributed by atoms with Gasteiger partial charge in [0.15, 0.2) is 0 Å². The molecule has 0 saturated carbocycles. The molecular weight excluding hydrogens is 262 g/mol. The van der Waals surface area contributed by atoms with Crippen molar-refractivity contribution in [3.05, 3.63) is 30.3 Å². The van der Waals surface area contributed by atoms with Gasteiger partial charge in [0.2, 0.25) is 0 Å². The fourth-order valence-electron chi connectivity index (χ4n) is 1.87. The Morgan fingerprint density at radius 3 is 1.81 bits per heavy atom. The van der Waals surface area contributed by atoms with E-state index < -0.39 is 0 Å². The molecule has 0 atom stereocenters. The van der Waals surface area contributed by atoms with Gasteiger partial charge in [-0.1, -0.05) is 44.9 Å². The Bertz CT molecular complexity index is 240. The highest BCUT2D eigenvalue weighted by atomic mass is 79.9. The minimum Gasteiger partial charge on any atom is -1.00 e. The topological polar surface area (TPSA) is 4.44 Å². The van der Waals surface area contributed by atoms with Gasteiger partial charge in [0.05, 0.1) is 13.1 Å². The molecule has 0 aliphatic carbocycles. The fourth-order valence-corrected chi connectivity index (χ4v) is 1.87. The summed E-state index contributed by atoms with van der Waals surface area (Å²) < 4.78 is 0. The third-order valence-electron chi connectivity index (χ3n) is 2.85. The van der Waals surface area contributed by atoms with Gasteiger partial charge in [-0.25, -0.2) is 0 Å². The Labute approximate surface area is 111 Å². The highest BCUT2D eigenvalue weighted by Gasteiger charge is 2.09. The van der Waals surface area contributed by atoms with Gasteiger partial charge in [-0.3, -0.25) is 0 Å². The normalized spacial score (nSPS) is 10.2. The highest BCUT2D eigenvalue weighted by Crippen LogP contribution is 1.99. The Morgan fingerprint density at radius 2 is 1.38 bits per heavy atom. The van der Waals surface area contributed by atoms with E-state index in [0.717, 1.165) is 0 Å². The highest BCUT2D eigenvalue weighted by molar-refractivity contribution is 5.27. The summed E-state index contributed by atoms with van der Waals surface area (Å²) >= 11 is 0. The summed E-state index contributed by atoms with van der Waals surface area (Å²) in [5.74, 6) is 0. The minimum atomic E-state index is 0. The molecule has 0 aliphatic heterocycles. The lowest BCUT2D eigenvalue weighted by Gasteiger charge is -2.18. The van der Waals surface area contributed by atoms with Crippen LogP contribution in [-0.4, -0.2) is 13.1 Å². The third-order valence-corrected chi connectivity index (χ3v) is 2.85. The molecule has 0 saturated heterocycles. The molecule has 2 heteroatoms. The summed E-state index contributed by atoms with van der Waals surface area (Å²) in [5.41, 5.74) is 1.46. The van der Waals surface area contributed by atoms with Crippen molar-refractivity contribution in [2.75, 3.05) is 13.1 Å². The van der Waals surface area contributed by atoms with E-state index in [0.29, 0.717) is 0 Å². The Kier molecular flexibility index (Phi) is 9.65. The molecule has 0 fully saturated rings. The van der Waals surface area contributed by atoms with E-state index in [4.69, 9.17) is 0 Å². The smallest absolute Gasteiger partial charge is 0.131 e. The average Bonchev–Trinajstić information content (AvgIpc) is 2.30. The average molecular weight is 286 g/mol. The second-order valence-electron chi connectivity index (χ2n) is 4.18. The van der Waals surface area contributed by atoms with E-state index in [9.17, 15) is 0 Å². The molecule has 0 amide bonds. The van der Waals surface area contributed by atoms with E-state index in [1.165, 1.54) is 44.5 Å². The number of quaternary nitrogens is 1. The number of hydrogen-bond acceptors (Lipinski definition) is 0. The molecule has 0 spiro atoms. The van der Waals surface area contributed by atoms with Crippen LogP contribution >= 0.6 is 0 Å². The number of benzene rings is 1. The first kappa shape index (κ1) is 15.7. The van der Waals surface area contributed by atoms with Crippen molar-refractivity contribution in [1.82, 2.24) is 0 Å². The number of unbranched alkanes of at least 4 members (excludes halogenated alkanes) is 2. The van der Waals surface area contributed by atoms with Gasteiger partial charge in [-0.15, -0.1) is 0 Å². The van der Waals surface area contributed by atoms with Crippen LogP contribution in [0.3, 0.4) is 0 Å². The first-order chi connectivity index (χ1) is 7.38. The first-order valence-corrected chi connectivity index (χ1v) is 6.28. The lowest BCUT2D eigenvalue weighted by molar-refractivity contribution is -0.833. The van der Waals surface area contributed by atoms with E-state index in [1.807, 2.05) is 0 Å². The van der Waals surface area contributed by atoms with Crippen molar-refractivity contribution in [1.29, 1.82) is 0 Å². The van der Waals surface area contributed by atoms with Gasteiger partial charge in [-0.05, 0) is 25.0 Å². The zero-order valence-electron chi connectivity index (χ0n) is 10.5. The quantitative estimate of drug-likeness (QED) is 0.708. The molecule has 1 aromatic rings. The van der Waals surface area contributed by atoms with Crippen LogP contribution in [0, 0.1) is 0 Å². The summed E-state index contributed by atoms with van der Waals surface area (Å²) in [6.07, 6.45) is 5.24. The van der Waals surface area contributed by atoms with Gasteiger partial charge >= 0.3 is 0 Å². The molecule has 0 bridgehead atoms. The predicted molar refractivity (Wildman–Crippen MR) is 66.6 cm³/mol. The number of hydrogen-bond donors (Lipinski definition) is 1. The lowest BCUT2D eigenvalue weighted by Crippen LogP contribution is -3.07. The number of rotatable bonds is 7. The van der Waals surface area contributed by atoms with Gasteiger partial charge in [0, 0.05) is 0 Å².